The van der Waals surface area contributed by atoms with E-state index in [0.717, 1.165) is 12.8 Å². The lowest BCUT2D eigenvalue weighted by atomic mass is 10.2. The van der Waals surface area contributed by atoms with Gasteiger partial charge in [-0.25, -0.2) is 4.98 Å². The van der Waals surface area contributed by atoms with E-state index < -0.39 is 0 Å². The zero-order valence-corrected chi connectivity index (χ0v) is 10.9. The molecule has 1 amide bonds. The van der Waals surface area contributed by atoms with Crippen LogP contribution in [0.3, 0.4) is 0 Å². The lowest BCUT2D eigenvalue weighted by Gasteiger charge is -2.03. The van der Waals surface area contributed by atoms with Crippen molar-refractivity contribution in [1.82, 2.24) is 10.3 Å². The van der Waals surface area contributed by atoms with Crippen molar-refractivity contribution in [3.05, 3.63) is 17.3 Å². The maximum atomic E-state index is 11.7. The van der Waals surface area contributed by atoms with Gasteiger partial charge in [-0.05, 0) is 26.2 Å². The molecular formula is C11H17N3O2S. The number of amides is 1. The van der Waals surface area contributed by atoms with E-state index in [-0.39, 0.29) is 11.7 Å². The largest absolute Gasteiger partial charge is 0.436 e. The second kappa shape index (κ2) is 6.34. The van der Waals surface area contributed by atoms with E-state index in [2.05, 4.69) is 10.3 Å². The Kier molecular flexibility index (Phi) is 5.09. The minimum absolute atomic E-state index is 0.224. The highest BCUT2D eigenvalue weighted by Crippen LogP contribution is 2.08. The molecule has 17 heavy (non-hydrogen) atoms. The Morgan fingerprint density at radius 2 is 2.18 bits per heavy atom. The number of oxazole rings is 1. The lowest BCUT2D eigenvalue weighted by Crippen LogP contribution is -2.24. The van der Waals surface area contributed by atoms with Crippen molar-refractivity contribution in [2.75, 3.05) is 6.54 Å². The molecule has 0 aliphatic rings. The van der Waals surface area contributed by atoms with Crippen LogP contribution in [0.4, 0.5) is 0 Å². The monoisotopic (exact) mass is 255 g/mol. The van der Waals surface area contributed by atoms with Crippen LogP contribution in [0.2, 0.25) is 0 Å². The average molecular weight is 255 g/mol. The highest BCUT2D eigenvalue weighted by molar-refractivity contribution is 7.80. The van der Waals surface area contributed by atoms with E-state index in [1.165, 1.54) is 0 Å². The maximum absolute atomic E-state index is 11.7. The molecule has 1 aromatic heterocycles. The summed E-state index contributed by atoms with van der Waals surface area (Å²) < 4.78 is 5.21. The molecule has 3 N–H and O–H groups in total. The number of nitrogens with two attached hydrogens (primary N) is 1. The number of thiocarbonyl (C=S) groups is 1. The maximum Gasteiger partial charge on any atom is 0.289 e. The van der Waals surface area contributed by atoms with Crippen LogP contribution in [0, 0.1) is 13.8 Å². The Morgan fingerprint density at radius 3 is 2.71 bits per heavy atom. The fraction of sp³-hybridized carbons (Fsp3) is 0.545. The van der Waals surface area contributed by atoms with Gasteiger partial charge in [0, 0.05) is 13.5 Å². The standard InChI is InChI=1S/C11H17N3O2S/c1-7-10(16-8(2)14-7)11(15)13-6-4-3-5-9(12)17/h3-6H2,1-2H3,(H2,12,17)(H,13,15). The minimum Gasteiger partial charge on any atom is -0.436 e. The molecule has 0 atom stereocenters. The first-order valence-corrected chi connectivity index (χ1v) is 5.92. The van der Waals surface area contributed by atoms with Gasteiger partial charge in [0.2, 0.25) is 5.76 Å². The second-order valence-corrected chi connectivity index (χ2v) is 4.35. The molecule has 0 saturated carbocycles. The molecule has 1 rings (SSSR count). The fourth-order valence-corrected chi connectivity index (χ4v) is 1.59. The Hall–Kier alpha value is -1.43. The van der Waals surface area contributed by atoms with Crippen molar-refractivity contribution < 1.29 is 9.21 Å². The molecule has 94 valence electrons. The average Bonchev–Trinajstić information content (AvgIpc) is 2.56. The number of unbranched alkanes of at least 4 members (excludes halogenated alkanes) is 1. The van der Waals surface area contributed by atoms with Gasteiger partial charge >= 0.3 is 0 Å². The Morgan fingerprint density at radius 1 is 1.47 bits per heavy atom. The third kappa shape index (κ3) is 4.52. The van der Waals surface area contributed by atoms with Crippen LogP contribution in [0.25, 0.3) is 0 Å². The van der Waals surface area contributed by atoms with E-state index >= 15 is 0 Å². The van der Waals surface area contributed by atoms with Crippen molar-refractivity contribution in [1.29, 1.82) is 0 Å². The molecule has 0 fully saturated rings. The third-order valence-electron chi connectivity index (χ3n) is 2.25. The van der Waals surface area contributed by atoms with E-state index in [4.69, 9.17) is 22.4 Å². The van der Waals surface area contributed by atoms with Crippen molar-refractivity contribution >= 4 is 23.1 Å². The molecule has 0 aliphatic heterocycles. The highest BCUT2D eigenvalue weighted by Gasteiger charge is 2.14. The molecule has 6 heteroatoms. The number of carbonyl (C=O) groups is 1. The van der Waals surface area contributed by atoms with Gasteiger partial charge in [-0.15, -0.1) is 0 Å². The SMILES string of the molecule is Cc1nc(C)c(C(=O)NCCCCC(N)=S)o1. The summed E-state index contributed by atoms with van der Waals surface area (Å²) in [5, 5.41) is 2.77. The number of nitrogens with one attached hydrogen (secondary N) is 1. The van der Waals surface area contributed by atoms with Crippen molar-refractivity contribution in [2.45, 2.75) is 33.1 Å². The summed E-state index contributed by atoms with van der Waals surface area (Å²) in [5.41, 5.74) is 5.98. The van der Waals surface area contributed by atoms with E-state index in [1.54, 1.807) is 13.8 Å². The summed E-state index contributed by atoms with van der Waals surface area (Å²) in [7, 11) is 0. The molecule has 1 aromatic rings. The van der Waals surface area contributed by atoms with E-state index in [1.807, 2.05) is 0 Å². The summed E-state index contributed by atoms with van der Waals surface area (Å²) in [6, 6.07) is 0. The zero-order chi connectivity index (χ0) is 12.8. The van der Waals surface area contributed by atoms with Gasteiger partial charge < -0.3 is 15.5 Å². The molecule has 0 radical (unpaired) electrons. The molecule has 0 aromatic carbocycles. The van der Waals surface area contributed by atoms with Crippen LogP contribution in [0.1, 0.15) is 41.4 Å². The Bertz CT molecular complexity index is 415. The van der Waals surface area contributed by atoms with Gasteiger partial charge in [0.15, 0.2) is 5.89 Å². The predicted molar refractivity (Wildman–Crippen MR) is 68.9 cm³/mol. The van der Waals surface area contributed by atoms with Crippen LogP contribution < -0.4 is 11.1 Å². The summed E-state index contributed by atoms with van der Waals surface area (Å²) in [6.45, 7) is 4.05. The molecule has 0 bridgehead atoms. The fourth-order valence-electron chi connectivity index (χ4n) is 1.45. The minimum atomic E-state index is -0.224. The van der Waals surface area contributed by atoms with E-state index in [9.17, 15) is 4.79 Å². The Balaban J connectivity index is 2.30. The summed E-state index contributed by atoms with van der Waals surface area (Å²) in [6.07, 6.45) is 2.44. The van der Waals surface area contributed by atoms with Gasteiger partial charge in [0.05, 0.1) is 10.7 Å². The quantitative estimate of drug-likeness (QED) is 0.594. The number of hydrogen-bond acceptors (Lipinski definition) is 4. The molecular weight excluding hydrogens is 238 g/mol. The van der Waals surface area contributed by atoms with Crippen LogP contribution in [-0.2, 0) is 0 Å². The number of hydrogen-bond donors (Lipinski definition) is 2. The molecule has 0 saturated heterocycles. The predicted octanol–water partition coefficient (Wildman–Crippen LogP) is 1.48. The van der Waals surface area contributed by atoms with Crippen LogP contribution in [-0.4, -0.2) is 22.4 Å². The van der Waals surface area contributed by atoms with Gasteiger partial charge in [0.25, 0.3) is 5.91 Å². The topological polar surface area (TPSA) is 81.2 Å². The second-order valence-electron chi connectivity index (χ2n) is 3.83. The summed E-state index contributed by atoms with van der Waals surface area (Å²) in [4.78, 5) is 16.2. The first-order valence-electron chi connectivity index (χ1n) is 5.51. The highest BCUT2D eigenvalue weighted by atomic mass is 32.1. The van der Waals surface area contributed by atoms with Gasteiger partial charge in [-0.1, -0.05) is 12.2 Å². The van der Waals surface area contributed by atoms with Crippen LogP contribution in [0.15, 0.2) is 4.42 Å². The third-order valence-corrected chi connectivity index (χ3v) is 2.45. The number of rotatable bonds is 6. The van der Waals surface area contributed by atoms with Crippen molar-refractivity contribution in [3.8, 4) is 0 Å². The number of carbonyl (C=O) groups excluding carboxylic acids is 1. The zero-order valence-electron chi connectivity index (χ0n) is 10.1. The first kappa shape index (κ1) is 13.6. The summed E-state index contributed by atoms with van der Waals surface area (Å²) >= 11 is 4.76. The molecule has 5 nitrogen and oxygen atoms in total. The van der Waals surface area contributed by atoms with E-state index in [0.29, 0.717) is 29.5 Å². The summed E-state index contributed by atoms with van der Waals surface area (Å²) in [5.74, 6) is 0.566. The van der Waals surface area contributed by atoms with Crippen molar-refractivity contribution in [3.63, 3.8) is 0 Å². The molecule has 1 heterocycles. The molecule has 0 aliphatic carbocycles. The van der Waals surface area contributed by atoms with Gasteiger partial charge in [-0.2, -0.15) is 0 Å². The normalized spacial score (nSPS) is 10.2. The lowest BCUT2D eigenvalue weighted by molar-refractivity contribution is 0.0923. The van der Waals surface area contributed by atoms with Crippen LogP contribution >= 0.6 is 12.2 Å². The van der Waals surface area contributed by atoms with Gasteiger partial charge in [0.1, 0.15) is 0 Å². The van der Waals surface area contributed by atoms with Gasteiger partial charge in [-0.3, -0.25) is 4.79 Å². The van der Waals surface area contributed by atoms with Crippen molar-refractivity contribution in [2.24, 2.45) is 5.73 Å². The smallest absolute Gasteiger partial charge is 0.289 e. The molecule has 0 spiro atoms. The number of nitrogens with zero attached hydrogens (tertiary/aromatic N) is 1. The number of aryl methyl sites for hydroxylation is 2. The number of aromatic nitrogens is 1. The molecule has 0 unspecified atom stereocenters. The first-order chi connectivity index (χ1) is 8.00. The Labute approximate surface area is 106 Å². The van der Waals surface area contributed by atoms with Crippen LogP contribution in [0.5, 0.6) is 0 Å².